The summed E-state index contributed by atoms with van der Waals surface area (Å²) in [6.45, 7) is 2.22. The summed E-state index contributed by atoms with van der Waals surface area (Å²) in [5.74, 6) is -0.717. The average molecular weight is 471 g/mol. The van der Waals surface area contributed by atoms with Crippen LogP contribution in [0.3, 0.4) is 0 Å². The molecule has 0 unspecified atom stereocenters. The van der Waals surface area contributed by atoms with Crippen molar-refractivity contribution in [2.24, 2.45) is 4.99 Å². The van der Waals surface area contributed by atoms with E-state index in [4.69, 9.17) is 11.6 Å². The quantitative estimate of drug-likeness (QED) is 0.671. The fraction of sp³-hybridized carbons (Fsp3) is 0.304. The molecule has 0 radical (unpaired) electrons. The Kier molecular flexibility index (Phi) is 7.12. The third-order valence-electron chi connectivity index (χ3n) is 5.27. The van der Waals surface area contributed by atoms with Crippen molar-refractivity contribution in [1.29, 1.82) is 0 Å². The molecule has 0 bridgehead atoms. The summed E-state index contributed by atoms with van der Waals surface area (Å²) in [5, 5.41) is 6.54. The molecule has 0 aromatic heterocycles. The third-order valence-corrected chi connectivity index (χ3v) is 6.74. The van der Waals surface area contributed by atoms with Gasteiger partial charge in [-0.05, 0) is 54.8 Å². The Hall–Kier alpha value is -2.84. The van der Waals surface area contributed by atoms with E-state index in [1.807, 2.05) is 12.1 Å². The van der Waals surface area contributed by atoms with E-state index in [0.717, 1.165) is 36.7 Å². The van der Waals surface area contributed by atoms with E-state index in [9.17, 15) is 14.4 Å². The van der Waals surface area contributed by atoms with Gasteiger partial charge in [-0.15, -0.1) is 0 Å². The molecule has 4 rings (SSSR count). The summed E-state index contributed by atoms with van der Waals surface area (Å²) < 4.78 is 0. The van der Waals surface area contributed by atoms with Crippen molar-refractivity contribution in [1.82, 2.24) is 10.2 Å². The molecule has 2 aliphatic rings. The van der Waals surface area contributed by atoms with Crippen LogP contribution < -0.4 is 10.6 Å². The van der Waals surface area contributed by atoms with Crippen LogP contribution in [0.4, 0.5) is 5.69 Å². The Morgan fingerprint density at radius 3 is 2.44 bits per heavy atom. The van der Waals surface area contributed by atoms with E-state index in [-0.39, 0.29) is 24.1 Å². The largest absolute Gasteiger partial charge is 0.351 e. The number of aliphatic imine (C=N–C) groups is 1. The molecule has 2 N–H and O–H groups in total. The van der Waals surface area contributed by atoms with Gasteiger partial charge in [0.2, 0.25) is 5.91 Å². The molecule has 1 atom stereocenters. The zero-order valence-corrected chi connectivity index (χ0v) is 18.9. The highest BCUT2D eigenvalue weighted by atomic mass is 35.5. The molecule has 7 nitrogen and oxygen atoms in total. The summed E-state index contributed by atoms with van der Waals surface area (Å²) in [6.07, 6.45) is 2.27. The number of amides is 3. The van der Waals surface area contributed by atoms with Gasteiger partial charge in [0.05, 0.1) is 0 Å². The number of anilines is 1. The lowest BCUT2D eigenvalue weighted by Crippen LogP contribution is -2.25. The van der Waals surface area contributed by atoms with Crippen molar-refractivity contribution in [2.45, 2.75) is 31.1 Å². The Morgan fingerprint density at radius 1 is 1.06 bits per heavy atom. The molecule has 0 saturated carbocycles. The molecular formula is C23H23ClN4O3S. The first-order valence-corrected chi connectivity index (χ1v) is 11.7. The van der Waals surface area contributed by atoms with Crippen molar-refractivity contribution in [3.05, 3.63) is 64.7 Å². The summed E-state index contributed by atoms with van der Waals surface area (Å²) >= 11 is 7.24. The third kappa shape index (κ3) is 5.69. The first-order chi connectivity index (χ1) is 15.5. The standard InChI is InChI=1S/C23H23ClN4O3S/c24-17-7-3-15(4-8-17)14-25-21(30)16-5-9-18(10-6-16)26-20(29)13-19-22(31)27-23(32-19)28-11-1-2-12-28/h3-10,19H,1-2,11-14H2,(H,25,30)(H,26,29)/t19-/m0/s1. The van der Waals surface area contributed by atoms with Crippen molar-refractivity contribution >= 4 is 51.9 Å². The molecule has 32 heavy (non-hydrogen) atoms. The first-order valence-electron chi connectivity index (χ1n) is 10.4. The molecule has 0 spiro atoms. The van der Waals surface area contributed by atoms with Gasteiger partial charge in [0, 0.05) is 42.3 Å². The van der Waals surface area contributed by atoms with Gasteiger partial charge in [0.15, 0.2) is 5.17 Å². The lowest BCUT2D eigenvalue weighted by atomic mass is 10.1. The number of thioether (sulfide) groups is 1. The van der Waals surface area contributed by atoms with Crippen LogP contribution >= 0.6 is 23.4 Å². The molecule has 9 heteroatoms. The predicted molar refractivity (Wildman–Crippen MR) is 127 cm³/mol. The summed E-state index contributed by atoms with van der Waals surface area (Å²) in [4.78, 5) is 43.2. The summed E-state index contributed by atoms with van der Waals surface area (Å²) in [5.41, 5.74) is 2.00. The van der Waals surface area contributed by atoms with Crippen molar-refractivity contribution in [2.75, 3.05) is 18.4 Å². The van der Waals surface area contributed by atoms with Crippen molar-refractivity contribution < 1.29 is 14.4 Å². The topological polar surface area (TPSA) is 90.9 Å². The number of likely N-dealkylation sites (tertiary alicyclic amines) is 1. The van der Waals surface area contributed by atoms with Gasteiger partial charge >= 0.3 is 0 Å². The molecule has 2 aromatic carbocycles. The smallest absolute Gasteiger partial charge is 0.262 e. The number of hydrogen-bond donors (Lipinski definition) is 2. The van der Waals surface area contributed by atoms with E-state index in [1.54, 1.807) is 36.4 Å². The number of benzene rings is 2. The normalized spacial score (nSPS) is 17.9. The molecule has 2 aliphatic heterocycles. The van der Waals surface area contributed by atoms with E-state index in [1.165, 1.54) is 11.8 Å². The van der Waals surface area contributed by atoms with Crippen LogP contribution in [0.25, 0.3) is 0 Å². The predicted octanol–water partition coefficient (Wildman–Crippen LogP) is 3.69. The van der Waals surface area contributed by atoms with Crippen LogP contribution in [0.5, 0.6) is 0 Å². The second-order valence-electron chi connectivity index (χ2n) is 7.67. The Labute approximate surface area is 195 Å². The van der Waals surface area contributed by atoms with Crippen molar-refractivity contribution in [3.63, 3.8) is 0 Å². The van der Waals surface area contributed by atoms with Crippen LogP contribution in [0.1, 0.15) is 35.2 Å². The zero-order chi connectivity index (χ0) is 22.5. The van der Waals surface area contributed by atoms with E-state index in [0.29, 0.717) is 22.8 Å². The van der Waals surface area contributed by atoms with Gasteiger partial charge in [-0.3, -0.25) is 14.4 Å². The minimum absolute atomic E-state index is 0.0632. The van der Waals surface area contributed by atoms with Crippen LogP contribution in [-0.2, 0) is 16.1 Å². The Morgan fingerprint density at radius 2 is 1.75 bits per heavy atom. The number of nitrogens with zero attached hydrogens (tertiary/aromatic N) is 2. The van der Waals surface area contributed by atoms with E-state index in [2.05, 4.69) is 20.5 Å². The second-order valence-corrected chi connectivity index (χ2v) is 9.28. The highest BCUT2D eigenvalue weighted by Gasteiger charge is 2.33. The number of hydrogen-bond acceptors (Lipinski definition) is 5. The number of carbonyl (C=O) groups is 3. The van der Waals surface area contributed by atoms with Gasteiger partial charge in [-0.25, -0.2) is 0 Å². The van der Waals surface area contributed by atoms with Crippen LogP contribution in [-0.4, -0.2) is 46.1 Å². The van der Waals surface area contributed by atoms with Gasteiger partial charge in [-0.2, -0.15) is 4.99 Å². The Balaban J connectivity index is 1.25. The maximum absolute atomic E-state index is 12.4. The SMILES string of the molecule is O=C(C[C@@H]1SC(N2CCCC2)=NC1=O)Nc1ccc(C(=O)NCc2ccc(Cl)cc2)cc1. The monoisotopic (exact) mass is 470 g/mol. The molecule has 1 saturated heterocycles. The summed E-state index contributed by atoms with van der Waals surface area (Å²) in [7, 11) is 0. The molecule has 3 amide bonds. The van der Waals surface area contributed by atoms with Crippen LogP contribution in [0.15, 0.2) is 53.5 Å². The number of nitrogens with one attached hydrogen (secondary N) is 2. The molecule has 1 fully saturated rings. The van der Waals surface area contributed by atoms with Crippen LogP contribution in [0, 0.1) is 0 Å². The van der Waals surface area contributed by atoms with Gasteiger partial charge in [0.25, 0.3) is 11.8 Å². The lowest BCUT2D eigenvalue weighted by Gasteiger charge is -2.16. The highest BCUT2D eigenvalue weighted by molar-refractivity contribution is 8.15. The maximum Gasteiger partial charge on any atom is 0.262 e. The molecule has 0 aliphatic carbocycles. The van der Waals surface area contributed by atoms with Gasteiger partial charge in [-0.1, -0.05) is 35.5 Å². The zero-order valence-electron chi connectivity index (χ0n) is 17.3. The average Bonchev–Trinajstić information content (AvgIpc) is 3.44. The number of amidine groups is 1. The van der Waals surface area contributed by atoms with Crippen LogP contribution in [0.2, 0.25) is 5.02 Å². The minimum Gasteiger partial charge on any atom is -0.351 e. The Bertz CT molecular complexity index is 1030. The number of carbonyl (C=O) groups excluding carboxylic acids is 3. The molecular weight excluding hydrogens is 448 g/mol. The van der Waals surface area contributed by atoms with Crippen molar-refractivity contribution in [3.8, 4) is 0 Å². The van der Waals surface area contributed by atoms with Gasteiger partial charge in [0.1, 0.15) is 5.25 Å². The molecule has 2 heterocycles. The molecule has 166 valence electrons. The molecule has 2 aromatic rings. The first kappa shape index (κ1) is 22.4. The highest BCUT2D eigenvalue weighted by Crippen LogP contribution is 2.29. The fourth-order valence-corrected chi connectivity index (χ4v) is 4.77. The summed E-state index contributed by atoms with van der Waals surface area (Å²) in [6, 6.07) is 13.9. The maximum atomic E-state index is 12.4. The fourth-order valence-electron chi connectivity index (χ4n) is 3.52. The number of halogens is 1. The van der Waals surface area contributed by atoms with Gasteiger partial charge < -0.3 is 15.5 Å². The van der Waals surface area contributed by atoms with E-state index < -0.39 is 5.25 Å². The van der Waals surface area contributed by atoms with E-state index >= 15 is 0 Å². The lowest BCUT2D eigenvalue weighted by molar-refractivity contribution is -0.121. The minimum atomic E-state index is -0.483. The second kappa shape index (κ2) is 10.2. The number of rotatable bonds is 6.